The van der Waals surface area contributed by atoms with Crippen molar-refractivity contribution in [2.24, 2.45) is 0 Å². The summed E-state index contributed by atoms with van der Waals surface area (Å²) in [5.74, 6) is 0. The zero-order valence-corrected chi connectivity index (χ0v) is 9.85. The highest BCUT2D eigenvalue weighted by molar-refractivity contribution is 7.10. The molecule has 0 spiro atoms. The number of benzene rings is 1. The van der Waals surface area contributed by atoms with Gasteiger partial charge in [0.25, 0.3) is 0 Å². The minimum Gasteiger partial charge on any atom is -0.383 e. The van der Waals surface area contributed by atoms with Gasteiger partial charge in [0.15, 0.2) is 0 Å². The number of aryl methyl sites for hydroxylation is 1. The van der Waals surface area contributed by atoms with Gasteiger partial charge in [-0.25, -0.2) is 0 Å². The lowest BCUT2D eigenvalue weighted by molar-refractivity contribution is 0.224. The molecule has 0 saturated carbocycles. The summed E-state index contributed by atoms with van der Waals surface area (Å²) >= 11 is 7.68. The highest BCUT2D eigenvalue weighted by Gasteiger charge is 2.15. The van der Waals surface area contributed by atoms with Gasteiger partial charge < -0.3 is 5.11 Å². The van der Waals surface area contributed by atoms with E-state index in [1.807, 2.05) is 42.6 Å². The van der Waals surface area contributed by atoms with Crippen LogP contribution in [0, 0.1) is 6.92 Å². The van der Waals surface area contributed by atoms with Gasteiger partial charge in [-0.3, -0.25) is 0 Å². The van der Waals surface area contributed by atoms with Gasteiger partial charge in [0, 0.05) is 15.5 Å². The average molecular weight is 239 g/mol. The fourth-order valence-corrected chi connectivity index (χ4v) is 2.44. The van der Waals surface area contributed by atoms with Crippen LogP contribution in [0.5, 0.6) is 0 Å². The zero-order chi connectivity index (χ0) is 10.8. The Bertz CT molecular complexity index is 451. The molecule has 0 fully saturated rings. The van der Waals surface area contributed by atoms with E-state index in [0.717, 1.165) is 16.0 Å². The van der Waals surface area contributed by atoms with E-state index in [4.69, 9.17) is 11.6 Å². The van der Waals surface area contributed by atoms with E-state index in [-0.39, 0.29) is 0 Å². The number of halogens is 1. The van der Waals surface area contributed by atoms with Gasteiger partial charge in [0.1, 0.15) is 6.10 Å². The normalized spacial score (nSPS) is 12.7. The van der Waals surface area contributed by atoms with E-state index in [1.54, 1.807) is 0 Å². The first kappa shape index (κ1) is 10.7. The molecule has 1 aromatic heterocycles. The van der Waals surface area contributed by atoms with Crippen LogP contribution in [0.4, 0.5) is 0 Å². The predicted octanol–water partition coefficient (Wildman–Crippen LogP) is 3.79. The van der Waals surface area contributed by atoms with Crippen LogP contribution in [0.3, 0.4) is 0 Å². The molecule has 1 N–H and O–H groups in total. The summed E-state index contributed by atoms with van der Waals surface area (Å²) in [6.07, 6.45) is -0.614. The lowest BCUT2D eigenvalue weighted by Crippen LogP contribution is -1.98. The van der Waals surface area contributed by atoms with Crippen LogP contribution >= 0.6 is 22.9 Å². The quantitative estimate of drug-likeness (QED) is 0.844. The Hall–Kier alpha value is -0.830. The van der Waals surface area contributed by atoms with Gasteiger partial charge in [-0.05, 0) is 23.9 Å². The monoisotopic (exact) mass is 238 g/mol. The number of aliphatic hydroxyl groups excluding tert-OH is 1. The lowest BCUT2D eigenvalue weighted by Gasteiger charge is -2.12. The minimum absolute atomic E-state index is 0.614. The van der Waals surface area contributed by atoms with Crippen LogP contribution in [0.1, 0.15) is 22.1 Å². The Kier molecular flexibility index (Phi) is 3.10. The second-order valence-corrected chi connectivity index (χ2v) is 4.75. The number of hydrogen-bond acceptors (Lipinski definition) is 2. The average Bonchev–Trinajstić information content (AvgIpc) is 2.74. The maximum atomic E-state index is 10.1. The Morgan fingerprint density at radius 3 is 2.73 bits per heavy atom. The summed E-state index contributed by atoms with van der Waals surface area (Å²) in [6.45, 7) is 1.94. The molecular weight excluding hydrogens is 228 g/mol. The summed E-state index contributed by atoms with van der Waals surface area (Å²) in [5.41, 5.74) is 1.77. The maximum absolute atomic E-state index is 10.1. The summed E-state index contributed by atoms with van der Waals surface area (Å²) in [4.78, 5) is 0.919. The number of thiophene rings is 1. The van der Waals surface area contributed by atoms with Crippen molar-refractivity contribution in [3.05, 3.63) is 56.7 Å². The lowest BCUT2D eigenvalue weighted by atomic mass is 10.1. The van der Waals surface area contributed by atoms with Crippen LogP contribution < -0.4 is 0 Å². The van der Waals surface area contributed by atoms with Gasteiger partial charge >= 0.3 is 0 Å². The molecule has 15 heavy (non-hydrogen) atoms. The number of hydrogen-bond donors (Lipinski definition) is 1. The largest absolute Gasteiger partial charge is 0.383 e. The Labute approximate surface area is 98.0 Å². The first-order valence-corrected chi connectivity index (χ1v) is 5.92. The standard InChI is InChI=1S/C12H11ClOS/c1-8-4-2-5-9(11(8)13)12(14)10-6-3-7-15-10/h2-7,12,14H,1H3. The van der Waals surface area contributed by atoms with E-state index in [2.05, 4.69) is 0 Å². The van der Waals surface area contributed by atoms with Gasteiger partial charge in [-0.15, -0.1) is 11.3 Å². The van der Waals surface area contributed by atoms with Crippen molar-refractivity contribution in [1.82, 2.24) is 0 Å². The molecule has 1 heterocycles. The van der Waals surface area contributed by atoms with Crippen molar-refractivity contribution in [2.45, 2.75) is 13.0 Å². The topological polar surface area (TPSA) is 20.2 Å². The first-order valence-electron chi connectivity index (χ1n) is 4.66. The molecule has 3 heteroatoms. The zero-order valence-electron chi connectivity index (χ0n) is 8.27. The van der Waals surface area contributed by atoms with Crippen molar-refractivity contribution < 1.29 is 5.11 Å². The maximum Gasteiger partial charge on any atom is 0.115 e. The molecule has 2 aromatic rings. The Balaban J connectivity index is 2.42. The number of rotatable bonds is 2. The van der Waals surface area contributed by atoms with Crippen LogP contribution in [-0.4, -0.2) is 5.11 Å². The molecule has 2 rings (SSSR count). The summed E-state index contributed by atoms with van der Waals surface area (Å²) < 4.78 is 0. The van der Waals surface area contributed by atoms with Crippen LogP contribution in [-0.2, 0) is 0 Å². The molecule has 1 unspecified atom stereocenters. The molecule has 78 valence electrons. The SMILES string of the molecule is Cc1cccc(C(O)c2cccs2)c1Cl. The fourth-order valence-electron chi connectivity index (χ4n) is 1.48. The van der Waals surface area contributed by atoms with Gasteiger partial charge in [0.2, 0.25) is 0 Å². The van der Waals surface area contributed by atoms with E-state index in [0.29, 0.717) is 5.02 Å². The first-order chi connectivity index (χ1) is 7.20. The van der Waals surface area contributed by atoms with Crippen molar-refractivity contribution >= 4 is 22.9 Å². The summed E-state index contributed by atoms with van der Waals surface area (Å²) in [6, 6.07) is 9.54. The van der Waals surface area contributed by atoms with Crippen molar-refractivity contribution in [2.75, 3.05) is 0 Å². The van der Waals surface area contributed by atoms with Gasteiger partial charge in [-0.2, -0.15) is 0 Å². The van der Waals surface area contributed by atoms with Gasteiger partial charge in [-0.1, -0.05) is 35.9 Å². The van der Waals surface area contributed by atoms with Gasteiger partial charge in [0.05, 0.1) is 0 Å². The third-order valence-electron chi connectivity index (χ3n) is 2.33. The molecule has 1 aromatic carbocycles. The molecule has 0 amide bonds. The molecule has 0 aliphatic heterocycles. The summed E-state index contributed by atoms with van der Waals surface area (Å²) in [5, 5.41) is 12.7. The highest BCUT2D eigenvalue weighted by atomic mass is 35.5. The Morgan fingerprint density at radius 2 is 2.07 bits per heavy atom. The molecule has 0 radical (unpaired) electrons. The third-order valence-corrected chi connectivity index (χ3v) is 3.77. The van der Waals surface area contributed by atoms with E-state index < -0.39 is 6.10 Å². The second-order valence-electron chi connectivity index (χ2n) is 3.40. The molecule has 0 saturated heterocycles. The molecule has 0 aliphatic rings. The molecule has 1 nitrogen and oxygen atoms in total. The van der Waals surface area contributed by atoms with E-state index >= 15 is 0 Å². The fraction of sp³-hybridized carbons (Fsp3) is 0.167. The van der Waals surface area contributed by atoms with Crippen molar-refractivity contribution in [3.8, 4) is 0 Å². The van der Waals surface area contributed by atoms with Crippen LogP contribution in [0.25, 0.3) is 0 Å². The molecular formula is C12H11ClOS. The highest BCUT2D eigenvalue weighted by Crippen LogP contribution is 2.32. The Morgan fingerprint density at radius 1 is 1.27 bits per heavy atom. The van der Waals surface area contributed by atoms with Crippen LogP contribution in [0.2, 0.25) is 5.02 Å². The minimum atomic E-state index is -0.614. The third kappa shape index (κ3) is 2.07. The van der Waals surface area contributed by atoms with Crippen molar-refractivity contribution in [3.63, 3.8) is 0 Å². The van der Waals surface area contributed by atoms with E-state index in [9.17, 15) is 5.11 Å². The molecule has 0 bridgehead atoms. The summed E-state index contributed by atoms with van der Waals surface area (Å²) in [7, 11) is 0. The van der Waals surface area contributed by atoms with Crippen LogP contribution in [0.15, 0.2) is 35.7 Å². The van der Waals surface area contributed by atoms with Crippen molar-refractivity contribution in [1.29, 1.82) is 0 Å². The second kappa shape index (κ2) is 4.35. The molecule has 1 atom stereocenters. The predicted molar refractivity (Wildman–Crippen MR) is 64.6 cm³/mol. The number of aliphatic hydroxyl groups is 1. The van der Waals surface area contributed by atoms with E-state index in [1.165, 1.54) is 11.3 Å². The smallest absolute Gasteiger partial charge is 0.115 e. The molecule has 0 aliphatic carbocycles.